The van der Waals surface area contributed by atoms with Crippen LogP contribution in [0.4, 0.5) is 13.2 Å². The van der Waals surface area contributed by atoms with Crippen molar-refractivity contribution in [3.05, 3.63) is 35.3 Å². The number of alkyl halides is 3. The molecule has 0 saturated heterocycles. The second-order valence-corrected chi connectivity index (χ2v) is 5.86. The van der Waals surface area contributed by atoms with Crippen LogP contribution < -0.4 is 5.32 Å². The lowest BCUT2D eigenvalue weighted by atomic mass is 10.2. The van der Waals surface area contributed by atoms with Gasteiger partial charge in [0.05, 0.1) is 11.3 Å². The van der Waals surface area contributed by atoms with Gasteiger partial charge in [-0.2, -0.15) is 13.2 Å². The molecule has 1 aliphatic carbocycles. The average Bonchev–Trinajstić information content (AvgIpc) is 3.11. The summed E-state index contributed by atoms with van der Waals surface area (Å²) < 4.78 is 40.0. The first-order valence-corrected chi connectivity index (χ1v) is 7.79. The molecule has 23 heavy (non-hydrogen) atoms. The number of hydrogen-bond donors (Lipinski definition) is 1. The Kier molecular flexibility index (Phi) is 4.04. The number of carbonyl (C=O) groups excluding carboxylic acids is 1. The zero-order valence-electron chi connectivity index (χ0n) is 12.8. The Hall–Kier alpha value is -2.05. The van der Waals surface area contributed by atoms with Crippen molar-refractivity contribution in [1.82, 2.24) is 14.7 Å². The third kappa shape index (κ3) is 3.04. The molecule has 2 heterocycles. The molecule has 1 aliphatic rings. The highest BCUT2D eigenvalue weighted by Crippen LogP contribution is 2.30. The minimum absolute atomic E-state index is 0.101. The Morgan fingerprint density at radius 1 is 1.35 bits per heavy atom. The molecule has 0 unspecified atom stereocenters. The maximum atomic E-state index is 12.9. The molecule has 1 fully saturated rings. The summed E-state index contributed by atoms with van der Waals surface area (Å²) in [6.07, 6.45) is 0.939. The molecule has 0 spiro atoms. The van der Waals surface area contributed by atoms with Gasteiger partial charge < -0.3 is 5.32 Å². The van der Waals surface area contributed by atoms with E-state index < -0.39 is 11.7 Å². The van der Waals surface area contributed by atoms with Gasteiger partial charge in [0, 0.05) is 12.2 Å². The van der Waals surface area contributed by atoms with Gasteiger partial charge in [-0.15, -0.1) is 0 Å². The molecule has 0 radical (unpaired) electrons. The van der Waals surface area contributed by atoms with Crippen molar-refractivity contribution in [2.75, 3.05) is 0 Å². The van der Waals surface area contributed by atoms with Crippen LogP contribution >= 0.6 is 0 Å². The van der Waals surface area contributed by atoms with Crippen molar-refractivity contribution in [3.63, 3.8) is 0 Å². The molecule has 2 aromatic heterocycles. The lowest BCUT2D eigenvalue weighted by Crippen LogP contribution is -2.34. The Morgan fingerprint density at radius 3 is 2.65 bits per heavy atom. The fraction of sp³-hybridized carbons (Fsp3) is 0.500. The number of nitrogens with one attached hydrogen (secondary N) is 1. The predicted octanol–water partition coefficient (Wildman–Crippen LogP) is 3.59. The zero-order chi connectivity index (χ0) is 16.6. The number of aromatic nitrogens is 2. The van der Waals surface area contributed by atoms with E-state index in [2.05, 4.69) is 10.3 Å². The molecule has 7 heteroatoms. The molecular weight excluding hydrogens is 307 g/mol. The van der Waals surface area contributed by atoms with E-state index >= 15 is 0 Å². The first-order chi connectivity index (χ1) is 10.9. The number of aryl methyl sites for hydroxylation is 1. The molecule has 1 amide bonds. The van der Waals surface area contributed by atoms with E-state index in [1.54, 1.807) is 0 Å². The summed E-state index contributed by atoms with van der Waals surface area (Å²) in [5, 5.41) is 2.93. The van der Waals surface area contributed by atoms with E-state index in [0.29, 0.717) is 17.8 Å². The van der Waals surface area contributed by atoms with Gasteiger partial charge in [-0.05, 0) is 31.4 Å². The number of imidazole rings is 1. The highest BCUT2D eigenvalue weighted by molar-refractivity contribution is 5.95. The first kappa shape index (κ1) is 15.8. The van der Waals surface area contributed by atoms with Crippen LogP contribution in [0.25, 0.3) is 5.65 Å². The quantitative estimate of drug-likeness (QED) is 0.937. The third-order valence-corrected chi connectivity index (χ3v) is 4.26. The lowest BCUT2D eigenvalue weighted by molar-refractivity contribution is -0.137. The predicted molar refractivity (Wildman–Crippen MR) is 79.3 cm³/mol. The topological polar surface area (TPSA) is 46.4 Å². The fourth-order valence-corrected chi connectivity index (χ4v) is 3.07. The summed E-state index contributed by atoms with van der Waals surface area (Å²) in [4.78, 5) is 16.8. The first-order valence-electron chi connectivity index (χ1n) is 7.79. The molecule has 0 aliphatic heterocycles. The van der Waals surface area contributed by atoms with E-state index in [9.17, 15) is 18.0 Å². The van der Waals surface area contributed by atoms with Crippen molar-refractivity contribution >= 4 is 11.6 Å². The molecule has 2 aromatic rings. The number of fused-ring (bicyclic) bond motifs is 1. The van der Waals surface area contributed by atoms with E-state index in [0.717, 1.165) is 37.9 Å². The summed E-state index contributed by atoms with van der Waals surface area (Å²) in [6, 6.07) is 2.39. The van der Waals surface area contributed by atoms with E-state index in [1.807, 2.05) is 6.92 Å². The van der Waals surface area contributed by atoms with Crippen LogP contribution in [0.3, 0.4) is 0 Å². The fourth-order valence-electron chi connectivity index (χ4n) is 3.07. The molecule has 1 saturated carbocycles. The van der Waals surface area contributed by atoms with Crippen molar-refractivity contribution in [2.45, 2.75) is 51.2 Å². The van der Waals surface area contributed by atoms with Gasteiger partial charge >= 0.3 is 6.18 Å². The summed E-state index contributed by atoms with van der Waals surface area (Å²) in [6.45, 7) is 1.83. The Balaban J connectivity index is 2.03. The molecular formula is C16H18F3N3O. The standard InChI is InChI=1S/C16H18F3N3O/c1-2-12-14(15(23)20-11-5-3-4-6-11)22-9-10(16(17,18)19)7-8-13(22)21-12/h7-9,11H,2-6H2,1H3,(H,20,23). The van der Waals surface area contributed by atoms with Crippen LogP contribution in [0, 0.1) is 0 Å². The molecule has 4 nitrogen and oxygen atoms in total. The second kappa shape index (κ2) is 5.86. The Labute approximate surface area is 131 Å². The van der Waals surface area contributed by atoms with Crippen molar-refractivity contribution in [2.24, 2.45) is 0 Å². The smallest absolute Gasteiger partial charge is 0.348 e. The number of pyridine rings is 1. The summed E-state index contributed by atoms with van der Waals surface area (Å²) in [5.74, 6) is -0.347. The van der Waals surface area contributed by atoms with Gasteiger partial charge in [0.1, 0.15) is 11.3 Å². The maximum absolute atomic E-state index is 12.9. The highest BCUT2D eigenvalue weighted by atomic mass is 19.4. The van der Waals surface area contributed by atoms with Crippen molar-refractivity contribution in [1.29, 1.82) is 0 Å². The highest BCUT2D eigenvalue weighted by Gasteiger charge is 2.32. The van der Waals surface area contributed by atoms with Gasteiger partial charge in [0.25, 0.3) is 5.91 Å². The second-order valence-electron chi connectivity index (χ2n) is 5.86. The number of hydrogen-bond acceptors (Lipinski definition) is 2. The van der Waals surface area contributed by atoms with E-state index in [4.69, 9.17) is 0 Å². The van der Waals surface area contributed by atoms with Crippen LogP contribution in [-0.4, -0.2) is 21.3 Å². The normalized spacial score (nSPS) is 16.2. The summed E-state index contributed by atoms with van der Waals surface area (Å²) in [5.41, 5.74) is 0.284. The Bertz CT molecular complexity index is 730. The molecule has 0 bridgehead atoms. The molecule has 1 N–H and O–H groups in total. The lowest BCUT2D eigenvalue weighted by Gasteiger charge is -2.13. The van der Waals surface area contributed by atoms with Gasteiger partial charge in [-0.1, -0.05) is 19.8 Å². The van der Waals surface area contributed by atoms with Gasteiger partial charge in [-0.3, -0.25) is 9.20 Å². The molecule has 3 rings (SSSR count). The molecule has 124 valence electrons. The minimum Gasteiger partial charge on any atom is -0.348 e. The average molecular weight is 325 g/mol. The number of rotatable bonds is 3. The SMILES string of the molecule is CCc1nc2ccc(C(F)(F)F)cn2c1C(=O)NC1CCCC1. The molecule has 0 atom stereocenters. The van der Waals surface area contributed by atoms with Crippen LogP contribution in [0.15, 0.2) is 18.3 Å². The van der Waals surface area contributed by atoms with Crippen molar-refractivity contribution < 1.29 is 18.0 Å². The van der Waals surface area contributed by atoms with Crippen LogP contribution in [0.5, 0.6) is 0 Å². The Morgan fingerprint density at radius 2 is 2.04 bits per heavy atom. The summed E-state index contributed by atoms with van der Waals surface area (Å²) >= 11 is 0. The van der Waals surface area contributed by atoms with Gasteiger partial charge in [0.2, 0.25) is 0 Å². The van der Waals surface area contributed by atoms with Crippen LogP contribution in [0.1, 0.15) is 54.4 Å². The van der Waals surface area contributed by atoms with E-state index in [1.165, 1.54) is 10.5 Å². The maximum Gasteiger partial charge on any atom is 0.417 e. The van der Waals surface area contributed by atoms with Gasteiger partial charge in [-0.25, -0.2) is 4.98 Å². The largest absolute Gasteiger partial charge is 0.417 e. The zero-order valence-corrected chi connectivity index (χ0v) is 12.8. The van der Waals surface area contributed by atoms with Crippen molar-refractivity contribution in [3.8, 4) is 0 Å². The van der Waals surface area contributed by atoms with Crippen LogP contribution in [-0.2, 0) is 12.6 Å². The minimum atomic E-state index is -4.45. The monoisotopic (exact) mass is 325 g/mol. The third-order valence-electron chi connectivity index (χ3n) is 4.26. The summed E-state index contributed by atoms with van der Waals surface area (Å²) in [7, 11) is 0. The van der Waals surface area contributed by atoms with E-state index in [-0.39, 0.29) is 17.6 Å². The number of carbonyl (C=O) groups is 1. The number of nitrogens with zero attached hydrogens (tertiary/aromatic N) is 2. The number of halogens is 3. The van der Waals surface area contributed by atoms with Gasteiger partial charge in [0.15, 0.2) is 0 Å². The van der Waals surface area contributed by atoms with Crippen LogP contribution in [0.2, 0.25) is 0 Å². The number of amides is 1. The molecule has 0 aromatic carbocycles.